The van der Waals surface area contributed by atoms with Gasteiger partial charge in [0.15, 0.2) is 0 Å². The molecule has 0 amide bonds. The van der Waals surface area contributed by atoms with Crippen LogP contribution in [0.2, 0.25) is 0 Å². The number of non-ortho nitro benzene ring substituents is 1. The maximum absolute atomic E-state index is 10.6. The number of rotatable bonds is 7. The van der Waals surface area contributed by atoms with E-state index in [9.17, 15) is 10.1 Å². The molecule has 2 aromatic rings. The molecule has 21 heavy (non-hydrogen) atoms. The largest absolute Gasteiger partial charge is 0.354 e. The maximum atomic E-state index is 10.6. The first kappa shape index (κ1) is 15.3. The summed E-state index contributed by atoms with van der Waals surface area (Å²) in [6.45, 7) is 3.04. The van der Waals surface area contributed by atoms with E-state index in [2.05, 4.69) is 35.3 Å². The van der Waals surface area contributed by atoms with E-state index in [1.54, 1.807) is 12.1 Å². The molecular formula is C16H21N3O2. The molecule has 112 valence electrons. The molecule has 1 N–H and O–H groups in total. The lowest BCUT2D eigenvalue weighted by Gasteiger charge is -2.11. The zero-order valence-electron chi connectivity index (χ0n) is 12.5. The number of benzene rings is 1. The Morgan fingerprint density at radius 3 is 2.57 bits per heavy atom. The van der Waals surface area contributed by atoms with E-state index in [-0.39, 0.29) is 10.6 Å². The van der Waals surface area contributed by atoms with Crippen LogP contribution >= 0.6 is 0 Å². The molecule has 0 radical (unpaired) electrons. The highest BCUT2D eigenvalue weighted by Gasteiger charge is 2.08. The molecule has 0 aliphatic heterocycles. The first-order chi connectivity index (χ1) is 10.1. The summed E-state index contributed by atoms with van der Waals surface area (Å²) < 4.78 is 2.16. The Bertz CT molecular complexity index is 586. The molecule has 0 fully saturated rings. The predicted octanol–water partition coefficient (Wildman–Crippen LogP) is 3.31. The molecule has 2 rings (SSSR count). The average molecular weight is 287 g/mol. The van der Waals surface area contributed by atoms with E-state index in [4.69, 9.17) is 0 Å². The quantitative estimate of drug-likeness (QED) is 0.628. The molecule has 0 aliphatic rings. The number of nitrogens with one attached hydrogen (secondary N) is 1. The summed E-state index contributed by atoms with van der Waals surface area (Å²) in [5, 5.41) is 13.9. The second-order valence-corrected chi connectivity index (χ2v) is 5.11. The molecule has 1 atom stereocenters. The number of nitrogens with zero attached hydrogens (tertiary/aromatic N) is 2. The van der Waals surface area contributed by atoms with Gasteiger partial charge in [0.05, 0.1) is 4.92 Å². The highest BCUT2D eigenvalue weighted by molar-refractivity contribution is 5.32. The van der Waals surface area contributed by atoms with Gasteiger partial charge in [-0.25, -0.2) is 0 Å². The number of hydrogen-bond acceptors (Lipinski definition) is 3. The van der Waals surface area contributed by atoms with E-state index in [1.165, 1.54) is 5.56 Å². The third kappa shape index (κ3) is 3.92. The second-order valence-electron chi connectivity index (χ2n) is 5.11. The Labute approximate surface area is 124 Å². The fraction of sp³-hybridized carbons (Fsp3) is 0.375. The van der Waals surface area contributed by atoms with Gasteiger partial charge in [0, 0.05) is 37.1 Å². The normalized spacial score (nSPS) is 12.3. The van der Waals surface area contributed by atoms with Crippen LogP contribution in [0.3, 0.4) is 0 Å². The van der Waals surface area contributed by atoms with Gasteiger partial charge in [-0.3, -0.25) is 10.1 Å². The average Bonchev–Trinajstić information content (AvgIpc) is 2.96. The van der Waals surface area contributed by atoms with Crippen LogP contribution in [0.25, 0.3) is 0 Å². The number of nitro benzene ring substituents is 1. The van der Waals surface area contributed by atoms with Crippen LogP contribution in [0.1, 0.15) is 30.5 Å². The summed E-state index contributed by atoms with van der Waals surface area (Å²) >= 11 is 0. The van der Waals surface area contributed by atoms with Crippen molar-refractivity contribution in [3.63, 3.8) is 0 Å². The highest BCUT2D eigenvalue weighted by atomic mass is 16.6. The zero-order valence-corrected chi connectivity index (χ0v) is 12.5. The standard InChI is InChI=1S/C16H21N3O2/c1-3-16(17-2)14-9-11-18(12-14)10-8-13-4-6-15(7-5-13)19(20)21/h4-7,9,11-12,16-17H,3,8,10H2,1-2H3. The molecule has 0 saturated carbocycles. The Morgan fingerprint density at radius 1 is 1.29 bits per heavy atom. The molecular weight excluding hydrogens is 266 g/mol. The van der Waals surface area contributed by atoms with Crippen LogP contribution in [0.5, 0.6) is 0 Å². The van der Waals surface area contributed by atoms with E-state index in [1.807, 2.05) is 19.2 Å². The first-order valence-electron chi connectivity index (χ1n) is 7.20. The van der Waals surface area contributed by atoms with Gasteiger partial charge in [-0.15, -0.1) is 0 Å². The van der Waals surface area contributed by atoms with Crippen LogP contribution in [0, 0.1) is 10.1 Å². The summed E-state index contributed by atoms with van der Waals surface area (Å²) in [6.07, 6.45) is 6.17. The van der Waals surface area contributed by atoms with E-state index in [0.29, 0.717) is 6.04 Å². The van der Waals surface area contributed by atoms with E-state index >= 15 is 0 Å². The third-order valence-electron chi connectivity index (χ3n) is 3.74. The molecule has 0 aliphatic carbocycles. The van der Waals surface area contributed by atoms with Gasteiger partial charge in [-0.2, -0.15) is 0 Å². The lowest BCUT2D eigenvalue weighted by Crippen LogP contribution is -2.14. The summed E-state index contributed by atoms with van der Waals surface area (Å²) in [5.74, 6) is 0. The minimum atomic E-state index is -0.370. The van der Waals surface area contributed by atoms with Crippen molar-refractivity contribution < 1.29 is 4.92 Å². The summed E-state index contributed by atoms with van der Waals surface area (Å²) in [7, 11) is 1.97. The van der Waals surface area contributed by atoms with E-state index in [0.717, 1.165) is 24.9 Å². The van der Waals surface area contributed by atoms with Gasteiger partial charge in [-0.1, -0.05) is 19.1 Å². The van der Waals surface area contributed by atoms with Crippen molar-refractivity contribution in [1.82, 2.24) is 9.88 Å². The SMILES string of the molecule is CCC(NC)c1ccn(CCc2ccc([N+](=O)[O-])cc2)c1. The van der Waals surface area contributed by atoms with Crippen molar-refractivity contribution in [2.75, 3.05) is 7.05 Å². The molecule has 0 spiro atoms. The monoisotopic (exact) mass is 287 g/mol. The topological polar surface area (TPSA) is 60.1 Å². The number of aromatic nitrogens is 1. The van der Waals surface area contributed by atoms with Gasteiger partial charge in [0.2, 0.25) is 0 Å². The molecule has 5 nitrogen and oxygen atoms in total. The predicted molar refractivity (Wildman–Crippen MR) is 83.3 cm³/mol. The number of hydrogen-bond donors (Lipinski definition) is 1. The minimum absolute atomic E-state index is 0.141. The van der Waals surface area contributed by atoms with Crippen LogP contribution < -0.4 is 5.32 Å². The van der Waals surface area contributed by atoms with Crippen molar-refractivity contribution >= 4 is 5.69 Å². The van der Waals surface area contributed by atoms with Gasteiger partial charge in [0.1, 0.15) is 0 Å². The van der Waals surface area contributed by atoms with Crippen molar-refractivity contribution in [3.05, 3.63) is 64.0 Å². The van der Waals surface area contributed by atoms with Gasteiger partial charge in [0.25, 0.3) is 5.69 Å². The second kappa shape index (κ2) is 7.04. The lowest BCUT2D eigenvalue weighted by atomic mass is 10.1. The first-order valence-corrected chi connectivity index (χ1v) is 7.20. The van der Waals surface area contributed by atoms with Gasteiger partial charge >= 0.3 is 0 Å². The van der Waals surface area contributed by atoms with Crippen LogP contribution in [0.4, 0.5) is 5.69 Å². The smallest absolute Gasteiger partial charge is 0.269 e. The molecule has 5 heteroatoms. The molecule has 0 bridgehead atoms. The molecule has 1 aromatic carbocycles. The Morgan fingerprint density at radius 2 is 2.00 bits per heavy atom. The van der Waals surface area contributed by atoms with Crippen LogP contribution in [-0.4, -0.2) is 16.5 Å². The molecule has 1 unspecified atom stereocenters. The van der Waals surface area contributed by atoms with Crippen LogP contribution in [-0.2, 0) is 13.0 Å². The summed E-state index contributed by atoms with van der Waals surface area (Å²) in [5.41, 5.74) is 2.54. The maximum Gasteiger partial charge on any atom is 0.269 e. The Balaban J connectivity index is 1.95. The molecule has 1 aromatic heterocycles. The van der Waals surface area contributed by atoms with E-state index < -0.39 is 0 Å². The lowest BCUT2D eigenvalue weighted by molar-refractivity contribution is -0.384. The minimum Gasteiger partial charge on any atom is -0.354 e. The molecule has 1 heterocycles. The fourth-order valence-corrected chi connectivity index (χ4v) is 2.45. The van der Waals surface area contributed by atoms with Crippen molar-refractivity contribution in [3.8, 4) is 0 Å². The zero-order chi connectivity index (χ0) is 15.2. The van der Waals surface area contributed by atoms with Crippen molar-refractivity contribution in [1.29, 1.82) is 0 Å². The van der Waals surface area contributed by atoms with Crippen LogP contribution in [0.15, 0.2) is 42.7 Å². The number of aryl methyl sites for hydroxylation is 2. The van der Waals surface area contributed by atoms with Crippen molar-refractivity contribution in [2.24, 2.45) is 0 Å². The third-order valence-corrected chi connectivity index (χ3v) is 3.74. The Kier molecular flexibility index (Phi) is 5.11. The fourth-order valence-electron chi connectivity index (χ4n) is 2.45. The summed E-state index contributed by atoms with van der Waals surface area (Å²) in [6, 6.07) is 9.30. The van der Waals surface area contributed by atoms with Gasteiger partial charge in [-0.05, 0) is 37.1 Å². The van der Waals surface area contributed by atoms with Gasteiger partial charge < -0.3 is 9.88 Å². The Hall–Kier alpha value is -2.14. The molecule has 0 saturated heterocycles. The summed E-state index contributed by atoms with van der Waals surface area (Å²) in [4.78, 5) is 10.2. The highest BCUT2D eigenvalue weighted by Crippen LogP contribution is 2.17. The number of nitro groups is 1. The van der Waals surface area contributed by atoms with Crippen molar-refractivity contribution in [2.45, 2.75) is 32.4 Å².